The monoisotopic (exact) mass is 335 g/mol. The lowest BCUT2D eigenvalue weighted by Gasteiger charge is -2.02. The molecule has 0 radical (unpaired) electrons. The molecule has 0 saturated heterocycles. The summed E-state index contributed by atoms with van der Waals surface area (Å²) >= 11 is 7.50. The summed E-state index contributed by atoms with van der Waals surface area (Å²) in [7, 11) is 0. The van der Waals surface area contributed by atoms with Gasteiger partial charge in [0.25, 0.3) is 0 Å². The van der Waals surface area contributed by atoms with Crippen LogP contribution in [-0.4, -0.2) is 15.3 Å². The number of imidazole rings is 1. The molecule has 0 aliphatic heterocycles. The standard InChI is InChI=1S/C15H11ClFN3OS/c16-14-12(20-6-7-22-15(20)19-14)4-5-13(21)18-9-10-2-1-3-11(17)8-10/h1-8H,9H2,(H,18,21)/b5-4+. The Bertz CT molecular complexity index is 855. The lowest BCUT2D eigenvalue weighted by atomic mass is 10.2. The van der Waals surface area contributed by atoms with Crippen molar-refractivity contribution in [2.24, 2.45) is 0 Å². The van der Waals surface area contributed by atoms with Gasteiger partial charge in [-0.2, -0.15) is 0 Å². The molecule has 3 aromatic rings. The van der Waals surface area contributed by atoms with Crippen LogP contribution in [-0.2, 0) is 11.3 Å². The maximum atomic E-state index is 13.0. The van der Waals surface area contributed by atoms with Gasteiger partial charge in [-0.1, -0.05) is 23.7 Å². The van der Waals surface area contributed by atoms with Crippen LogP contribution in [0.5, 0.6) is 0 Å². The zero-order valence-electron chi connectivity index (χ0n) is 11.3. The van der Waals surface area contributed by atoms with E-state index in [1.54, 1.807) is 18.2 Å². The van der Waals surface area contributed by atoms with Crippen LogP contribution < -0.4 is 5.32 Å². The molecular weight excluding hydrogens is 325 g/mol. The van der Waals surface area contributed by atoms with Crippen LogP contribution in [0.25, 0.3) is 11.0 Å². The highest BCUT2D eigenvalue weighted by Gasteiger charge is 2.08. The summed E-state index contributed by atoms with van der Waals surface area (Å²) in [5, 5.41) is 4.92. The molecular formula is C15H11ClFN3OS. The first-order valence-corrected chi connectivity index (χ1v) is 7.70. The maximum absolute atomic E-state index is 13.0. The average Bonchev–Trinajstić information content (AvgIpc) is 3.04. The fourth-order valence-electron chi connectivity index (χ4n) is 1.98. The van der Waals surface area contributed by atoms with Crippen LogP contribution in [0.1, 0.15) is 11.3 Å². The second-order valence-electron chi connectivity index (χ2n) is 4.52. The van der Waals surface area contributed by atoms with E-state index >= 15 is 0 Å². The van der Waals surface area contributed by atoms with E-state index < -0.39 is 0 Å². The summed E-state index contributed by atoms with van der Waals surface area (Å²) in [6.07, 6.45) is 4.82. The Labute approximate surface area is 134 Å². The molecule has 4 nitrogen and oxygen atoms in total. The number of thiazole rings is 1. The van der Waals surface area contributed by atoms with Gasteiger partial charge in [0.2, 0.25) is 5.91 Å². The van der Waals surface area contributed by atoms with Crippen molar-refractivity contribution >= 4 is 39.9 Å². The quantitative estimate of drug-likeness (QED) is 0.741. The van der Waals surface area contributed by atoms with E-state index in [0.717, 1.165) is 4.96 Å². The highest BCUT2D eigenvalue weighted by atomic mass is 35.5. The van der Waals surface area contributed by atoms with Crippen molar-refractivity contribution in [1.82, 2.24) is 14.7 Å². The van der Waals surface area contributed by atoms with Gasteiger partial charge in [0, 0.05) is 24.2 Å². The first-order chi connectivity index (χ1) is 10.6. The minimum Gasteiger partial charge on any atom is -0.348 e. The molecule has 0 atom stereocenters. The smallest absolute Gasteiger partial charge is 0.244 e. The molecule has 1 amide bonds. The van der Waals surface area contributed by atoms with Crippen LogP contribution in [0.4, 0.5) is 4.39 Å². The zero-order chi connectivity index (χ0) is 15.5. The van der Waals surface area contributed by atoms with Crippen molar-refractivity contribution in [2.45, 2.75) is 6.54 Å². The maximum Gasteiger partial charge on any atom is 0.244 e. The SMILES string of the molecule is O=C(/C=C/c1c(Cl)nc2sccn12)NCc1cccc(F)c1. The Morgan fingerprint density at radius 2 is 2.36 bits per heavy atom. The molecule has 2 aromatic heterocycles. The van der Waals surface area contributed by atoms with Crippen LogP contribution in [0.3, 0.4) is 0 Å². The molecule has 3 rings (SSSR count). The van der Waals surface area contributed by atoms with Gasteiger partial charge in [0.05, 0.1) is 5.69 Å². The molecule has 0 bridgehead atoms. The molecule has 0 aliphatic rings. The highest BCUT2D eigenvalue weighted by molar-refractivity contribution is 7.15. The van der Waals surface area contributed by atoms with Gasteiger partial charge in [0.15, 0.2) is 10.1 Å². The fraction of sp³-hybridized carbons (Fsp3) is 0.0667. The normalized spacial score (nSPS) is 11.4. The number of nitrogens with one attached hydrogen (secondary N) is 1. The van der Waals surface area contributed by atoms with Gasteiger partial charge >= 0.3 is 0 Å². The van der Waals surface area contributed by atoms with E-state index in [9.17, 15) is 9.18 Å². The number of hydrogen-bond acceptors (Lipinski definition) is 3. The summed E-state index contributed by atoms with van der Waals surface area (Å²) in [6, 6.07) is 6.09. The Morgan fingerprint density at radius 1 is 1.50 bits per heavy atom. The fourth-order valence-corrected chi connectivity index (χ4v) is 2.98. The highest BCUT2D eigenvalue weighted by Crippen LogP contribution is 2.22. The molecule has 0 spiro atoms. The van der Waals surface area contributed by atoms with Gasteiger partial charge in [-0.3, -0.25) is 9.20 Å². The van der Waals surface area contributed by atoms with E-state index in [-0.39, 0.29) is 18.3 Å². The van der Waals surface area contributed by atoms with Crippen molar-refractivity contribution in [3.63, 3.8) is 0 Å². The number of hydrogen-bond donors (Lipinski definition) is 1. The third kappa shape index (κ3) is 3.18. The Morgan fingerprint density at radius 3 is 3.18 bits per heavy atom. The molecule has 0 saturated carbocycles. The summed E-state index contributed by atoms with van der Waals surface area (Å²) < 4.78 is 14.8. The molecule has 1 aromatic carbocycles. The topological polar surface area (TPSA) is 46.4 Å². The second-order valence-corrected chi connectivity index (χ2v) is 5.76. The van der Waals surface area contributed by atoms with Crippen LogP contribution >= 0.6 is 22.9 Å². The number of carbonyl (C=O) groups excluding carboxylic acids is 1. The van der Waals surface area contributed by atoms with Gasteiger partial charge < -0.3 is 5.32 Å². The van der Waals surface area contributed by atoms with Crippen molar-refractivity contribution < 1.29 is 9.18 Å². The number of carbonyl (C=O) groups is 1. The Kier molecular flexibility index (Phi) is 4.22. The number of halogens is 2. The number of rotatable bonds is 4. The van der Waals surface area contributed by atoms with E-state index in [4.69, 9.17) is 11.6 Å². The largest absolute Gasteiger partial charge is 0.348 e. The van der Waals surface area contributed by atoms with E-state index in [0.29, 0.717) is 16.4 Å². The number of nitrogens with zero attached hydrogens (tertiary/aromatic N) is 2. The molecule has 2 heterocycles. The third-order valence-corrected chi connectivity index (χ3v) is 4.04. The van der Waals surface area contributed by atoms with E-state index in [1.807, 2.05) is 16.0 Å². The predicted octanol–water partition coefficient (Wildman–Crippen LogP) is 3.52. The van der Waals surface area contributed by atoms with Crippen LogP contribution in [0.15, 0.2) is 41.9 Å². The lowest BCUT2D eigenvalue weighted by molar-refractivity contribution is -0.116. The summed E-state index contributed by atoms with van der Waals surface area (Å²) in [4.78, 5) is 16.8. The van der Waals surface area contributed by atoms with E-state index in [2.05, 4.69) is 10.3 Å². The first kappa shape index (κ1) is 14.7. The average molecular weight is 336 g/mol. The second kappa shape index (κ2) is 6.29. The first-order valence-electron chi connectivity index (χ1n) is 6.45. The van der Waals surface area contributed by atoms with E-state index in [1.165, 1.54) is 29.5 Å². The van der Waals surface area contributed by atoms with Crippen molar-refractivity contribution in [2.75, 3.05) is 0 Å². The summed E-state index contributed by atoms with van der Waals surface area (Å²) in [6.45, 7) is 0.259. The number of aromatic nitrogens is 2. The Hall–Kier alpha value is -2.18. The molecule has 0 unspecified atom stereocenters. The Balaban J connectivity index is 1.66. The molecule has 7 heteroatoms. The number of benzene rings is 1. The van der Waals surface area contributed by atoms with Gasteiger partial charge in [0.1, 0.15) is 5.82 Å². The molecule has 112 valence electrons. The molecule has 22 heavy (non-hydrogen) atoms. The van der Waals surface area contributed by atoms with Crippen molar-refractivity contribution in [3.05, 3.63) is 64.1 Å². The van der Waals surface area contributed by atoms with Crippen molar-refractivity contribution in [1.29, 1.82) is 0 Å². The minimum absolute atomic E-state index is 0.259. The molecule has 1 N–H and O–H groups in total. The van der Waals surface area contributed by atoms with Crippen LogP contribution in [0.2, 0.25) is 5.15 Å². The third-order valence-electron chi connectivity index (χ3n) is 3.00. The van der Waals surface area contributed by atoms with Gasteiger partial charge in [-0.15, -0.1) is 11.3 Å². The zero-order valence-corrected chi connectivity index (χ0v) is 12.9. The summed E-state index contributed by atoms with van der Waals surface area (Å²) in [5.74, 6) is -0.612. The van der Waals surface area contributed by atoms with Crippen molar-refractivity contribution in [3.8, 4) is 0 Å². The minimum atomic E-state index is -0.326. The van der Waals surface area contributed by atoms with Gasteiger partial charge in [-0.25, -0.2) is 9.37 Å². The summed E-state index contributed by atoms with van der Waals surface area (Å²) in [5.41, 5.74) is 1.35. The molecule has 0 aliphatic carbocycles. The van der Waals surface area contributed by atoms with Crippen LogP contribution in [0, 0.1) is 5.82 Å². The number of amides is 1. The van der Waals surface area contributed by atoms with Gasteiger partial charge in [-0.05, 0) is 23.8 Å². The number of fused-ring (bicyclic) bond motifs is 1. The molecule has 0 fully saturated rings. The predicted molar refractivity (Wildman–Crippen MR) is 85.4 cm³/mol. The lowest BCUT2D eigenvalue weighted by Crippen LogP contribution is -2.20.